The Morgan fingerprint density at radius 1 is 0.971 bits per heavy atom. The van der Waals surface area contributed by atoms with Crippen molar-refractivity contribution in [1.29, 1.82) is 0 Å². The van der Waals surface area contributed by atoms with Crippen molar-refractivity contribution in [3.8, 4) is 28.6 Å². The first-order valence-corrected chi connectivity index (χ1v) is 11.5. The van der Waals surface area contributed by atoms with Crippen LogP contribution in [0.4, 0.5) is 5.69 Å². The van der Waals surface area contributed by atoms with Crippen LogP contribution >= 0.6 is 11.6 Å². The van der Waals surface area contributed by atoms with Gasteiger partial charge in [0.05, 0.1) is 21.0 Å². The molecule has 0 saturated heterocycles. The van der Waals surface area contributed by atoms with E-state index in [-0.39, 0.29) is 37.8 Å². The van der Waals surface area contributed by atoms with E-state index in [1.54, 1.807) is 0 Å². The summed E-state index contributed by atoms with van der Waals surface area (Å²) in [5, 5.41) is 40.3. The largest absolute Gasteiger partial charge is 0.504 e. The quantitative estimate of drug-likeness (QED) is 0.206. The van der Waals surface area contributed by atoms with Crippen LogP contribution in [0.25, 0.3) is 22.3 Å². The number of nitrogens with zero attached hydrogens (tertiary/aromatic N) is 1. The number of hydrogen-bond acceptors (Lipinski definition) is 9. The fourth-order valence-corrected chi connectivity index (χ4v) is 4.85. The first-order chi connectivity index (χ1) is 16.0. The van der Waals surface area contributed by atoms with Crippen molar-refractivity contribution in [2.45, 2.75) is 10.6 Å². The summed E-state index contributed by atoms with van der Waals surface area (Å²) in [6.07, 6.45) is 0. The zero-order chi connectivity index (χ0) is 24.8. The second-order valence-corrected chi connectivity index (χ2v) is 9.67. The Balaban J connectivity index is 1.75. The Labute approximate surface area is 196 Å². The third-order valence-corrected chi connectivity index (χ3v) is 7.00. The van der Waals surface area contributed by atoms with Gasteiger partial charge in [-0.05, 0) is 48.0 Å². The van der Waals surface area contributed by atoms with Crippen LogP contribution in [0.2, 0.25) is 5.02 Å². The number of hydrogen-bond donors (Lipinski definition) is 3. The van der Waals surface area contributed by atoms with E-state index in [4.69, 9.17) is 16.0 Å². The summed E-state index contributed by atoms with van der Waals surface area (Å²) in [5.41, 5.74) is -1.06. The summed E-state index contributed by atoms with van der Waals surface area (Å²) in [7, 11) is -4.05. The van der Waals surface area contributed by atoms with Crippen molar-refractivity contribution >= 4 is 38.1 Å². The topological polar surface area (TPSA) is 168 Å². The minimum atomic E-state index is -4.05. The highest BCUT2D eigenvalue weighted by atomic mass is 35.5. The molecule has 4 aromatic rings. The molecule has 0 amide bonds. The molecule has 0 radical (unpaired) electrons. The SMILES string of the molecule is O=c1c(O)c(-c2ccc(O)c(O)c2)oc2ccc(CS(=O)(=O)c3ccc(Cl)c([N+](=O)[O-])c3)cc12. The smallest absolute Gasteiger partial charge is 0.289 e. The zero-order valence-electron chi connectivity index (χ0n) is 16.9. The lowest BCUT2D eigenvalue weighted by atomic mass is 10.1. The molecule has 0 unspecified atom stereocenters. The van der Waals surface area contributed by atoms with Gasteiger partial charge in [-0.3, -0.25) is 14.9 Å². The number of fused-ring (bicyclic) bond motifs is 1. The predicted octanol–water partition coefficient (Wildman–Crippen LogP) is 4.11. The number of nitro benzene ring substituents is 1. The molecule has 0 fully saturated rings. The molecule has 0 bridgehead atoms. The molecule has 0 atom stereocenters. The lowest BCUT2D eigenvalue weighted by molar-refractivity contribution is -0.384. The summed E-state index contributed by atoms with van der Waals surface area (Å²) in [6, 6.07) is 10.7. The molecule has 3 N–H and O–H groups in total. The minimum absolute atomic E-state index is 0.0358. The molecule has 0 spiro atoms. The predicted molar refractivity (Wildman–Crippen MR) is 122 cm³/mol. The van der Waals surface area contributed by atoms with Gasteiger partial charge in [0.15, 0.2) is 27.1 Å². The highest BCUT2D eigenvalue weighted by Gasteiger charge is 2.22. The maximum absolute atomic E-state index is 12.8. The van der Waals surface area contributed by atoms with E-state index in [9.17, 15) is 38.6 Å². The zero-order valence-corrected chi connectivity index (χ0v) is 18.5. The first-order valence-electron chi connectivity index (χ1n) is 9.45. The van der Waals surface area contributed by atoms with Gasteiger partial charge < -0.3 is 19.7 Å². The number of halogens is 1. The number of aromatic hydroxyl groups is 3. The van der Waals surface area contributed by atoms with Gasteiger partial charge >= 0.3 is 0 Å². The van der Waals surface area contributed by atoms with Gasteiger partial charge in [-0.15, -0.1) is 0 Å². The maximum atomic E-state index is 12.8. The summed E-state index contributed by atoms with van der Waals surface area (Å²) < 4.78 is 31.2. The van der Waals surface area contributed by atoms with Crippen molar-refractivity contribution in [3.63, 3.8) is 0 Å². The van der Waals surface area contributed by atoms with E-state index in [0.29, 0.717) is 0 Å². The lowest BCUT2D eigenvalue weighted by Gasteiger charge is -2.09. The molecule has 0 aliphatic heterocycles. The molecule has 4 rings (SSSR count). The van der Waals surface area contributed by atoms with Gasteiger partial charge in [-0.25, -0.2) is 8.42 Å². The molecule has 10 nitrogen and oxygen atoms in total. The molecular weight excluding hydrogens is 490 g/mol. The molecule has 174 valence electrons. The van der Waals surface area contributed by atoms with Gasteiger partial charge in [0.25, 0.3) is 5.69 Å². The van der Waals surface area contributed by atoms with Crippen molar-refractivity contribution in [2.24, 2.45) is 0 Å². The summed E-state index contributed by atoms with van der Waals surface area (Å²) in [5.74, 6) is -2.49. The van der Waals surface area contributed by atoms with E-state index in [2.05, 4.69) is 0 Å². The standard InChI is InChI=1S/C22H14ClNO9S/c23-15-4-3-13(9-16(15)24(29)30)34(31,32)10-11-1-6-19-14(7-11)20(27)21(28)22(33-19)12-2-5-17(25)18(26)8-12/h1-9,25-26,28H,10H2. The Bertz CT molecular complexity index is 1640. The van der Waals surface area contributed by atoms with Gasteiger partial charge in [0, 0.05) is 11.6 Å². The number of nitro groups is 1. The summed E-state index contributed by atoms with van der Waals surface area (Å²) in [4.78, 5) is 22.7. The highest BCUT2D eigenvalue weighted by Crippen LogP contribution is 2.35. The van der Waals surface area contributed by atoms with E-state index in [0.717, 1.165) is 30.3 Å². The van der Waals surface area contributed by atoms with Gasteiger partial charge in [-0.2, -0.15) is 0 Å². The van der Waals surface area contributed by atoms with Crippen molar-refractivity contribution in [1.82, 2.24) is 0 Å². The first kappa shape index (κ1) is 23.1. The van der Waals surface area contributed by atoms with E-state index < -0.39 is 48.9 Å². The fourth-order valence-electron chi connectivity index (χ4n) is 3.31. The van der Waals surface area contributed by atoms with Crippen molar-refractivity contribution < 1.29 is 33.1 Å². The van der Waals surface area contributed by atoms with Crippen LogP contribution in [0, 0.1) is 10.1 Å². The second-order valence-electron chi connectivity index (χ2n) is 7.27. The normalized spacial score (nSPS) is 11.6. The van der Waals surface area contributed by atoms with Crippen molar-refractivity contribution in [3.05, 3.63) is 85.5 Å². The number of benzene rings is 3. The van der Waals surface area contributed by atoms with Crippen LogP contribution in [0.15, 0.2) is 68.7 Å². The van der Waals surface area contributed by atoms with Crippen LogP contribution < -0.4 is 5.43 Å². The molecule has 12 heteroatoms. The van der Waals surface area contributed by atoms with Crippen LogP contribution in [-0.2, 0) is 15.6 Å². The number of rotatable bonds is 5. The molecule has 3 aromatic carbocycles. The molecule has 0 aliphatic rings. The Morgan fingerprint density at radius 3 is 2.38 bits per heavy atom. The van der Waals surface area contributed by atoms with Crippen LogP contribution in [0.1, 0.15) is 5.56 Å². The molecule has 0 saturated carbocycles. The summed E-state index contributed by atoms with van der Waals surface area (Å²) in [6.45, 7) is 0. The van der Waals surface area contributed by atoms with Crippen LogP contribution in [0.3, 0.4) is 0 Å². The van der Waals surface area contributed by atoms with Crippen LogP contribution in [0.5, 0.6) is 17.2 Å². The Morgan fingerprint density at radius 2 is 1.71 bits per heavy atom. The van der Waals surface area contributed by atoms with Crippen LogP contribution in [-0.4, -0.2) is 28.7 Å². The monoisotopic (exact) mass is 503 g/mol. The van der Waals surface area contributed by atoms with Gasteiger partial charge in [-0.1, -0.05) is 17.7 Å². The highest BCUT2D eigenvalue weighted by molar-refractivity contribution is 7.90. The number of phenols is 2. The van der Waals surface area contributed by atoms with E-state index in [1.165, 1.54) is 24.3 Å². The molecule has 34 heavy (non-hydrogen) atoms. The average Bonchev–Trinajstić information content (AvgIpc) is 2.78. The lowest BCUT2D eigenvalue weighted by Crippen LogP contribution is -2.07. The molecule has 0 aliphatic carbocycles. The average molecular weight is 504 g/mol. The van der Waals surface area contributed by atoms with Gasteiger partial charge in [0.1, 0.15) is 10.6 Å². The third-order valence-electron chi connectivity index (χ3n) is 5.00. The third kappa shape index (κ3) is 4.14. The van der Waals surface area contributed by atoms with E-state index >= 15 is 0 Å². The van der Waals surface area contributed by atoms with Gasteiger partial charge in [0.2, 0.25) is 11.2 Å². The Kier molecular flexibility index (Phi) is 5.67. The fraction of sp³-hybridized carbons (Fsp3) is 0.0455. The maximum Gasteiger partial charge on any atom is 0.289 e. The number of phenolic OH excluding ortho intramolecular Hbond substituents is 2. The molecular formula is C22H14ClNO9S. The van der Waals surface area contributed by atoms with E-state index in [1.807, 2.05) is 0 Å². The minimum Gasteiger partial charge on any atom is -0.504 e. The second kappa shape index (κ2) is 8.36. The molecule has 1 aromatic heterocycles. The summed E-state index contributed by atoms with van der Waals surface area (Å²) >= 11 is 5.74. The van der Waals surface area contributed by atoms with Crippen molar-refractivity contribution in [2.75, 3.05) is 0 Å². The Hall–Kier alpha value is -4.09. The number of sulfone groups is 1. The molecule has 1 heterocycles.